The Morgan fingerprint density at radius 3 is 1.54 bits per heavy atom. The number of thioether (sulfide) groups is 2. The van der Waals surface area contributed by atoms with E-state index in [1.54, 1.807) is 19.3 Å². The molecule has 1 aromatic heterocycles. The largest absolute Gasteiger partial charge is 0.250 e. The first-order valence-electron chi connectivity index (χ1n) is 12.0. The molecule has 0 amide bonds. The molecule has 9 rings (SSSR count). The SMILES string of the molecule is c1cc(SC23CC4CC(CC(C4)C2)C3)cc(SC23CC4CC(CC(C4)C2)C3)n1. The zero-order chi connectivity index (χ0) is 18.3. The second-order valence-corrected chi connectivity index (χ2v) is 14.8. The van der Waals surface area contributed by atoms with E-state index in [0.29, 0.717) is 9.49 Å². The van der Waals surface area contributed by atoms with Gasteiger partial charge in [0.25, 0.3) is 0 Å². The molecule has 0 unspecified atom stereocenters. The summed E-state index contributed by atoms with van der Waals surface area (Å²) in [6, 6.07) is 4.79. The van der Waals surface area contributed by atoms with Crippen molar-refractivity contribution in [2.45, 2.75) is 96.5 Å². The van der Waals surface area contributed by atoms with Crippen molar-refractivity contribution in [1.82, 2.24) is 4.98 Å². The Labute approximate surface area is 178 Å². The number of nitrogens with zero attached hydrogens (tertiary/aromatic N) is 1. The molecule has 3 heteroatoms. The van der Waals surface area contributed by atoms with E-state index in [0.717, 1.165) is 35.5 Å². The molecule has 8 aliphatic rings. The van der Waals surface area contributed by atoms with Gasteiger partial charge in [0.05, 0.1) is 5.03 Å². The smallest absolute Gasteiger partial charge is 0.0976 e. The van der Waals surface area contributed by atoms with E-state index in [9.17, 15) is 0 Å². The lowest BCUT2D eigenvalue weighted by atomic mass is 9.56. The summed E-state index contributed by atoms with van der Waals surface area (Å²) in [6.45, 7) is 0. The van der Waals surface area contributed by atoms with Gasteiger partial charge in [0.15, 0.2) is 0 Å². The van der Waals surface area contributed by atoms with Gasteiger partial charge in [-0.15, -0.1) is 11.8 Å². The lowest BCUT2D eigenvalue weighted by Gasteiger charge is -2.56. The molecule has 0 aliphatic heterocycles. The van der Waals surface area contributed by atoms with Gasteiger partial charge < -0.3 is 0 Å². The third-order valence-corrected chi connectivity index (χ3v) is 12.1. The lowest BCUT2D eigenvalue weighted by molar-refractivity contribution is 0.0383. The molecule has 8 fully saturated rings. The predicted molar refractivity (Wildman–Crippen MR) is 118 cm³/mol. The summed E-state index contributed by atoms with van der Waals surface area (Å²) < 4.78 is 1.10. The van der Waals surface area contributed by atoms with Crippen molar-refractivity contribution in [1.29, 1.82) is 0 Å². The highest BCUT2D eigenvalue weighted by Gasteiger charge is 2.52. The molecule has 8 saturated carbocycles. The molecule has 8 aliphatic carbocycles. The van der Waals surface area contributed by atoms with Crippen LogP contribution in [0.25, 0.3) is 0 Å². The molecule has 28 heavy (non-hydrogen) atoms. The maximum Gasteiger partial charge on any atom is 0.0976 e. The molecule has 150 valence electrons. The zero-order valence-electron chi connectivity index (χ0n) is 16.9. The van der Waals surface area contributed by atoms with Crippen LogP contribution in [-0.4, -0.2) is 14.5 Å². The number of pyridine rings is 1. The van der Waals surface area contributed by atoms with Crippen molar-refractivity contribution in [3.05, 3.63) is 18.3 Å². The molecule has 0 aromatic carbocycles. The quantitative estimate of drug-likeness (QED) is 0.520. The van der Waals surface area contributed by atoms with Gasteiger partial charge in [-0.05, 0) is 125 Å². The van der Waals surface area contributed by atoms with Crippen LogP contribution in [0.15, 0.2) is 28.3 Å². The van der Waals surface area contributed by atoms with Crippen LogP contribution < -0.4 is 0 Å². The van der Waals surface area contributed by atoms with E-state index < -0.39 is 0 Å². The molecular formula is C25H33NS2. The molecule has 0 N–H and O–H groups in total. The molecule has 8 bridgehead atoms. The third-order valence-electron chi connectivity index (χ3n) is 9.33. The van der Waals surface area contributed by atoms with Crippen LogP contribution in [0.1, 0.15) is 77.0 Å². The van der Waals surface area contributed by atoms with Crippen molar-refractivity contribution in [2.24, 2.45) is 35.5 Å². The summed E-state index contributed by atoms with van der Waals surface area (Å²) in [5.74, 6) is 6.22. The molecular weight excluding hydrogens is 378 g/mol. The van der Waals surface area contributed by atoms with Gasteiger partial charge >= 0.3 is 0 Å². The van der Waals surface area contributed by atoms with Crippen LogP contribution >= 0.6 is 23.5 Å². The topological polar surface area (TPSA) is 12.9 Å². The maximum absolute atomic E-state index is 4.86. The van der Waals surface area contributed by atoms with Gasteiger partial charge in [-0.1, -0.05) is 11.8 Å². The highest BCUT2D eigenvalue weighted by molar-refractivity contribution is 8.01. The minimum atomic E-state index is 0.533. The predicted octanol–water partition coefficient (Wildman–Crippen LogP) is 7.20. The standard InChI is InChI=1S/C25H33NS2/c1-2-26-23(28-25-13-19-6-20(14-25)8-21(7-19)15-25)9-22(1)27-24-10-16-3-17(11-24)5-18(4-16)12-24/h1-2,9,16-21H,3-8,10-15H2. The van der Waals surface area contributed by atoms with Crippen LogP contribution in [-0.2, 0) is 0 Å². The Hall–Kier alpha value is -0.150. The molecule has 1 heterocycles. The Morgan fingerprint density at radius 2 is 1.07 bits per heavy atom. The fraction of sp³-hybridized carbons (Fsp3) is 0.800. The van der Waals surface area contributed by atoms with Gasteiger partial charge in [-0.25, -0.2) is 4.98 Å². The number of hydrogen-bond donors (Lipinski definition) is 0. The van der Waals surface area contributed by atoms with E-state index >= 15 is 0 Å². The van der Waals surface area contributed by atoms with Crippen LogP contribution in [0, 0.1) is 35.5 Å². The molecule has 0 radical (unpaired) electrons. The summed E-state index contributed by atoms with van der Waals surface area (Å²) >= 11 is 4.44. The number of hydrogen-bond acceptors (Lipinski definition) is 3. The minimum Gasteiger partial charge on any atom is -0.250 e. The summed E-state index contributed by atoms with van der Waals surface area (Å²) in [5.41, 5.74) is 0. The van der Waals surface area contributed by atoms with E-state index in [1.807, 2.05) is 0 Å². The fourth-order valence-corrected chi connectivity index (χ4v) is 12.8. The molecule has 0 spiro atoms. The number of aromatic nitrogens is 1. The van der Waals surface area contributed by atoms with E-state index in [1.165, 1.54) is 67.7 Å². The van der Waals surface area contributed by atoms with Crippen LogP contribution in [0.3, 0.4) is 0 Å². The summed E-state index contributed by atoms with van der Waals surface area (Å²) in [7, 11) is 0. The van der Waals surface area contributed by atoms with Crippen molar-refractivity contribution in [2.75, 3.05) is 0 Å². The first-order valence-corrected chi connectivity index (χ1v) is 13.6. The first kappa shape index (κ1) is 17.5. The monoisotopic (exact) mass is 411 g/mol. The molecule has 0 atom stereocenters. The second-order valence-electron chi connectivity index (χ2n) is 11.7. The van der Waals surface area contributed by atoms with Gasteiger partial charge in [0.1, 0.15) is 0 Å². The van der Waals surface area contributed by atoms with Crippen molar-refractivity contribution in [3.8, 4) is 0 Å². The highest BCUT2D eigenvalue weighted by atomic mass is 32.2. The summed E-state index contributed by atoms with van der Waals surface area (Å²) in [4.78, 5) is 6.38. The minimum absolute atomic E-state index is 0.533. The second kappa shape index (κ2) is 6.19. The third kappa shape index (κ3) is 2.93. The van der Waals surface area contributed by atoms with Gasteiger partial charge in [-0.2, -0.15) is 0 Å². The van der Waals surface area contributed by atoms with Crippen LogP contribution in [0.4, 0.5) is 0 Å². The normalized spacial score (nSPS) is 50.4. The molecule has 1 nitrogen and oxygen atoms in total. The van der Waals surface area contributed by atoms with Gasteiger partial charge in [0.2, 0.25) is 0 Å². The average molecular weight is 412 g/mol. The van der Waals surface area contributed by atoms with E-state index in [2.05, 4.69) is 41.9 Å². The molecule has 1 aromatic rings. The summed E-state index contributed by atoms with van der Waals surface area (Å²) in [5, 5.41) is 1.33. The first-order chi connectivity index (χ1) is 13.6. The Balaban J connectivity index is 1.12. The van der Waals surface area contributed by atoms with Crippen LogP contribution in [0.2, 0.25) is 0 Å². The zero-order valence-corrected chi connectivity index (χ0v) is 18.6. The van der Waals surface area contributed by atoms with Crippen LogP contribution in [0.5, 0.6) is 0 Å². The average Bonchev–Trinajstić information content (AvgIpc) is 2.58. The van der Waals surface area contributed by atoms with Gasteiger partial charge in [0, 0.05) is 20.6 Å². The number of rotatable bonds is 4. The Morgan fingerprint density at radius 1 is 0.643 bits per heavy atom. The van der Waals surface area contributed by atoms with Crippen molar-refractivity contribution >= 4 is 23.5 Å². The Kier molecular flexibility index (Phi) is 3.87. The van der Waals surface area contributed by atoms with E-state index in [4.69, 9.17) is 4.98 Å². The van der Waals surface area contributed by atoms with Crippen molar-refractivity contribution in [3.63, 3.8) is 0 Å². The van der Waals surface area contributed by atoms with Crippen molar-refractivity contribution < 1.29 is 0 Å². The highest BCUT2D eigenvalue weighted by Crippen LogP contribution is 2.63. The fourth-order valence-electron chi connectivity index (χ4n) is 9.29. The molecule has 0 saturated heterocycles. The Bertz CT molecular complexity index is 655. The van der Waals surface area contributed by atoms with Gasteiger partial charge in [-0.3, -0.25) is 0 Å². The summed E-state index contributed by atoms with van der Waals surface area (Å²) in [6.07, 6.45) is 20.2. The maximum atomic E-state index is 4.86. The van der Waals surface area contributed by atoms with E-state index in [-0.39, 0.29) is 0 Å². The lowest BCUT2D eigenvalue weighted by Crippen LogP contribution is -2.48.